The van der Waals surface area contributed by atoms with E-state index in [1.165, 1.54) is 225 Å². The van der Waals surface area contributed by atoms with Gasteiger partial charge in [0.25, 0.3) is 0 Å². The van der Waals surface area contributed by atoms with E-state index in [0.29, 0.717) is 19.3 Å². The standard InChI is InChI=1S/C60H116O6/c1-6-8-9-10-11-12-13-14-15-16-20-25-30-35-40-45-50-58(61)64-53-57(54-65-59(62)51-46-41-36-31-27-22-23-28-33-38-43-48-55(3)4)66-60(63)52-47-42-37-32-26-21-18-17-19-24-29-34-39-44-49-56(5)7-2/h55-57H,6-54H2,1-5H3/t56?,57-/m1/s1. The number of carbonyl (C=O) groups excluding carboxylic acids is 3. The first-order valence-electron chi connectivity index (χ1n) is 29.8. The van der Waals surface area contributed by atoms with Gasteiger partial charge in [-0.2, -0.15) is 0 Å². The fourth-order valence-electron chi connectivity index (χ4n) is 9.20. The molecule has 6 heteroatoms. The van der Waals surface area contributed by atoms with Crippen LogP contribution in [0.25, 0.3) is 0 Å². The molecule has 0 aliphatic carbocycles. The first-order chi connectivity index (χ1) is 32.3. The Morgan fingerprint density at radius 2 is 0.576 bits per heavy atom. The van der Waals surface area contributed by atoms with Gasteiger partial charge in [-0.3, -0.25) is 14.4 Å². The lowest BCUT2D eigenvalue weighted by molar-refractivity contribution is -0.167. The van der Waals surface area contributed by atoms with Crippen molar-refractivity contribution >= 4 is 17.9 Å². The lowest BCUT2D eigenvalue weighted by Gasteiger charge is -2.18. The van der Waals surface area contributed by atoms with Gasteiger partial charge in [-0.25, -0.2) is 0 Å². The molecular formula is C60H116O6. The molecule has 0 aliphatic heterocycles. The van der Waals surface area contributed by atoms with Gasteiger partial charge in [0, 0.05) is 19.3 Å². The minimum atomic E-state index is -0.763. The van der Waals surface area contributed by atoms with Crippen molar-refractivity contribution in [1.82, 2.24) is 0 Å². The van der Waals surface area contributed by atoms with Crippen LogP contribution in [0.3, 0.4) is 0 Å². The van der Waals surface area contributed by atoms with Crippen molar-refractivity contribution in [3.05, 3.63) is 0 Å². The summed E-state index contributed by atoms with van der Waals surface area (Å²) < 4.78 is 16.9. The van der Waals surface area contributed by atoms with Gasteiger partial charge in [-0.15, -0.1) is 0 Å². The molecule has 0 heterocycles. The van der Waals surface area contributed by atoms with Crippen LogP contribution in [0.5, 0.6) is 0 Å². The lowest BCUT2D eigenvalue weighted by Crippen LogP contribution is -2.30. The van der Waals surface area contributed by atoms with E-state index in [4.69, 9.17) is 14.2 Å². The van der Waals surface area contributed by atoms with Crippen LogP contribution in [0.1, 0.15) is 336 Å². The molecule has 6 nitrogen and oxygen atoms in total. The zero-order valence-electron chi connectivity index (χ0n) is 45.3. The van der Waals surface area contributed by atoms with E-state index in [0.717, 1.165) is 69.6 Å². The summed E-state index contributed by atoms with van der Waals surface area (Å²) >= 11 is 0. The molecule has 0 fully saturated rings. The lowest BCUT2D eigenvalue weighted by atomic mass is 9.99. The summed E-state index contributed by atoms with van der Waals surface area (Å²) in [5, 5.41) is 0. The van der Waals surface area contributed by atoms with Crippen LogP contribution in [0.15, 0.2) is 0 Å². The largest absolute Gasteiger partial charge is 0.462 e. The van der Waals surface area contributed by atoms with Gasteiger partial charge >= 0.3 is 17.9 Å². The maximum Gasteiger partial charge on any atom is 0.306 e. The number of ether oxygens (including phenoxy) is 3. The Bertz CT molecular complexity index is 1010. The molecular weight excluding hydrogens is 817 g/mol. The zero-order chi connectivity index (χ0) is 48.2. The number of carbonyl (C=O) groups is 3. The normalized spacial score (nSPS) is 12.5. The van der Waals surface area contributed by atoms with E-state index >= 15 is 0 Å². The SMILES string of the molecule is CCCCCCCCCCCCCCCCCCC(=O)OC[C@H](COC(=O)CCCCCCCCCCCCCC(C)C)OC(=O)CCCCCCCCCCCCCCCCC(C)CC. The molecule has 0 radical (unpaired) electrons. The van der Waals surface area contributed by atoms with E-state index in [2.05, 4.69) is 34.6 Å². The molecule has 0 saturated carbocycles. The highest BCUT2D eigenvalue weighted by Crippen LogP contribution is 2.19. The third-order valence-corrected chi connectivity index (χ3v) is 14.1. The van der Waals surface area contributed by atoms with Crippen LogP contribution in [0.4, 0.5) is 0 Å². The van der Waals surface area contributed by atoms with Crippen molar-refractivity contribution in [3.8, 4) is 0 Å². The Hall–Kier alpha value is -1.59. The minimum Gasteiger partial charge on any atom is -0.462 e. The second kappa shape index (κ2) is 52.8. The van der Waals surface area contributed by atoms with E-state index < -0.39 is 6.10 Å². The number of hydrogen-bond acceptors (Lipinski definition) is 6. The molecule has 0 bridgehead atoms. The third-order valence-electron chi connectivity index (χ3n) is 14.1. The topological polar surface area (TPSA) is 78.9 Å². The second-order valence-corrected chi connectivity index (χ2v) is 21.4. The highest BCUT2D eigenvalue weighted by Gasteiger charge is 2.19. The Balaban J connectivity index is 4.30. The second-order valence-electron chi connectivity index (χ2n) is 21.4. The number of hydrogen-bond donors (Lipinski definition) is 0. The van der Waals surface area contributed by atoms with E-state index in [1.54, 1.807) is 0 Å². The molecule has 0 aliphatic rings. The van der Waals surface area contributed by atoms with Crippen molar-refractivity contribution in [2.45, 2.75) is 343 Å². The third kappa shape index (κ3) is 51.8. The van der Waals surface area contributed by atoms with Crippen molar-refractivity contribution in [2.75, 3.05) is 13.2 Å². The van der Waals surface area contributed by atoms with Crippen LogP contribution in [0, 0.1) is 11.8 Å². The predicted octanol–water partition coefficient (Wildman–Crippen LogP) is 19.7. The summed E-state index contributed by atoms with van der Waals surface area (Å²) in [6.07, 6.45) is 56.6. The van der Waals surface area contributed by atoms with Gasteiger partial charge in [-0.05, 0) is 31.1 Å². The van der Waals surface area contributed by atoms with Gasteiger partial charge in [-0.1, -0.05) is 298 Å². The molecule has 0 saturated heterocycles. The van der Waals surface area contributed by atoms with Gasteiger partial charge in [0.1, 0.15) is 13.2 Å². The molecule has 0 N–H and O–H groups in total. The van der Waals surface area contributed by atoms with Crippen molar-refractivity contribution in [1.29, 1.82) is 0 Å². The quantitative estimate of drug-likeness (QED) is 0.0343. The fraction of sp³-hybridized carbons (Fsp3) is 0.950. The monoisotopic (exact) mass is 933 g/mol. The van der Waals surface area contributed by atoms with Crippen LogP contribution in [-0.2, 0) is 28.6 Å². The summed E-state index contributed by atoms with van der Waals surface area (Å²) in [6, 6.07) is 0. The highest BCUT2D eigenvalue weighted by molar-refractivity contribution is 5.71. The maximum atomic E-state index is 12.9. The van der Waals surface area contributed by atoms with Crippen LogP contribution < -0.4 is 0 Å². The number of rotatable bonds is 54. The number of unbranched alkanes of at least 4 members (excludes halogenated alkanes) is 38. The molecule has 2 atom stereocenters. The molecule has 0 aromatic carbocycles. The number of esters is 3. The van der Waals surface area contributed by atoms with Crippen LogP contribution >= 0.6 is 0 Å². The molecule has 0 aromatic rings. The molecule has 0 spiro atoms. The maximum absolute atomic E-state index is 12.9. The first-order valence-corrected chi connectivity index (χ1v) is 29.8. The fourth-order valence-corrected chi connectivity index (χ4v) is 9.20. The van der Waals surface area contributed by atoms with Crippen molar-refractivity contribution in [3.63, 3.8) is 0 Å². The summed E-state index contributed by atoms with van der Waals surface area (Å²) in [5.74, 6) is 0.884. The smallest absolute Gasteiger partial charge is 0.306 e. The first kappa shape index (κ1) is 64.4. The van der Waals surface area contributed by atoms with Gasteiger partial charge < -0.3 is 14.2 Å². The Labute approximate surface area is 412 Å². The van der Waals surface area contributed by atoms with Crippen LogP contribution in [-0.4, -0.2) is 37.2 Å². The van der Waals surface area contributed by atoms with E-state index in [-0.39, 0.29) is 31.1 Å². The van der Waals surface area contributed by atoms with Gasteiger partial charge in [0.05, 0.1) is 0 Å². The Morgan fingerprint density at radius 3 is 0.864 bits per heavy atom. The average Bonchev–Trinajstić information content (AvgIpc) is 3.30. The van der Waals surface area contributed by atoms with Crippen molar-refractivity contribution in [2.24, 2.45) is 11.8 Å². The molecule has 0 aromatic heterocycles. The summed E-state index contributed by atoms with van der Waals surface area (Å²) in [6.45, 7) is 11.5. The summed E-state index contributed by atoms with van der Waals surface area (Å²) in [5.41, 5.74) is 0. The minimum absolute atomic E-state index is 0.0625. The Morgan fingerprint density at radius 1 is 0.318 bits per heavy atom. The molecule has 0 rings (SSSR count). The Kier molecular flexibility index (Phi) is 51.5. The predicted molar refractivity (Wildman–Crippen MR) is 284 cm³/mol. The molecule has 1 unspecified atom stereocenters. The average molecular weight is 934 g/mol. The van der Waals surface area contributed by atoms with Gasteiger partial charge in [0.15, 0.2) is 6.10 Å². The zero-order valence-corrected chi connectivity index (χ0v) is 45.3. The van der Waals surface area contributed by atoms with Gasteiger partial charge in [0.2, 0.25) is 0 Å². The van der Waals surface area contributed by atoms with E-state index in [9.17, 15) is 14.4 Å². The molecule has 0 amide bonds. The van der Waals surface area contributed by atoms with E-state index in [1.807, 2.05) is 0 Å². The van der Waals surface area contributed by atoms with Crippen molar-refractivity contribution < 1.29 is 28.6 Å². The summed E-state index contributed by atoms with van der Waals surface area (Å²) in [4.78, 5) is 38.2. The molecule has 392 valence electrons. The van der Waals surface area contributed by atoms with Crippen LogP contribution in [0.2, 0.25) is 0 Å². The molecule has 66 heavy (non-hydrogen) atoms. The summed E-state index contributed by atoms with van der Waals surface area (Å²) in [7, 11) is 0. The highest BCUT2D eigenvalue weighted by atomic mass is 16.6.